The summed E-state index contributed by atoms with van der Waals surface area (Å²) in [6.45, 7) is 0. The fourth-order valence-corrected chi connectivity index (χ4v) is 3.61. The lowest BCUT2D eigenvalue weighted by molar-refractivity contribution is 0.102. The smallest absolute Gasteiger partial charge is 0.187 e. The van der Waals surface area contributed by atoms with E-state index in [0.717, 1.165) is 0 Å². The monoisotopic (exact) mass is 324 g/mol. The van der Waals surface area contributed by atoms with Crippen LogP contribution in [0.2, 0.25) is 5.02 Å². The van der Waals surface area contributed by atoms with E-state index in [4.69, 9.17) is 16.3 Å². The average molecular weight is 325 g/mol. The third-order valence-corrected chi connectivity index (χ3v) is 5.01. The van der Waals surface area contributed by atoms with Crippen LogP contribution in [0.1, 0.15) is 10.4 Å². The zero-order chi connectivity index (χ0) is 15.5. The Morgan fingerprint density at radius 2 is 1.71 bits per heavy atom. The maximum atomic E-state index is 12.2. The summed E-state index contributed by atoms with van der Waals surface area (Å²) in [7, 11) is -2.25. The van der Waals surface area contributed by atoms with Gasteiger partial charge >= 0.3 is 0 Å². The molecule has 0 radical (unpaired) electrons. The number of rotatable bonds is 5. The van der Waals surface area contributed by atoms with E-state index in [1.807, 2.05) is 0 Å². The van der Waals surface area contributed by atoms with E-state index in [9.17, 15) is 13.2 Å². The lowest BCUT2D eigenvalue weighted by Gasteiger charge is -2.06. The molecule has 0 fully saturated rings. The van der Waals surface area contributed by atoms with Crippen LogP contribution in [0.5, 0.6) is 5.75 Å². The van der Waals surface area contributed by atoms with Crippen LogP contribution in [-0.2, 0) is 9.84 Å². The normalized spacial score (nSPS) is 11.1. The highest BCUT2D eigenvalue weighted by molar-refractivity contribution is 7.92. The first kappa shape index (κ1) is 15.5. The molecule has 0 saturated carbocycles. The molecular weight excluding hydrogens is 312 g/mol. The standard InChI is InChI=1S/C15H13ClO4S/c1-20-12-8-6-11(7-9-12)14(17)10-21(18,19)15-5-3-2-4-13(15)16/h2-9H,10H2,1H3. The molecule has 0 aliphatic rings. The molecule has 0 atom stereocenters. The Hall–Kier alpha value is -1.85. The summed E-state index contributed by atoms with van der Waals surface area (Å²) in [5, 5.41) is 0.111. The summed E-state index contributed by atoms with van der Waals surface area (Å²) >= 11 is 5.87. The van der Waals surface area contributed by atoms with Gasteiger partial charge < -0.3 is 4.74 Å². The van der Waals surface area contributed by atoms with Gasteiger partial charge in [0.25, 0.3) is 0 Å². The van der Waals surface area contributed by atoms with Crippen molar-refractivity contribution in [2.75, 3.05) is 12.9 Å². The molecule has 0 bridgehead atoms. The predicted molar refractivity (Wildman–Crippen MR) is 80.8 cm³/mol. The highest BCUT2D eigenvalue weighted by Crippen LogP contribution is 2.22. The van der Waals surface area contributed by atoms with Crippen LogP contribution in [0.25, 0.3) is 0 Å². The van der Waals surface area contributed by atoms with Gasteiger partial charge in [-0.2, -0.15) is 0 Å². The fourth-order valence-electron chi connectivity index (χ4n) is 1.81. The minimum Gasteiger partial charge on any atom is -0.497 e. The first-order valence-electron chi connectivity index (χ1n) is 6.08. The maximum Gasteiger partial charge on any atom is 0.187 e. The van der Waals surface area contributed by atoms with E-state index >= 15 is 0 Å². The van der Waals surface area contributed by atoms with Crippen LogP contribution >= 0.6 is 11.6 Å². The summed E-state index contributed by atoms with van der Waals surface area (Å²) in [5.41, 5.74) is 0.312. The van der Waals surface area contributed by atoms with Crippen molar-refractivity contribution in [2.45, 2.75) is 4.90 Å². The van der Waals surface area contributed by atoms with E-state index in [1.165, 1.54) is 31.4 Å². The topological polar surface area (TPSA) is 60.4 Å². The number of ketones is 1. The van der Waals surface area contributed by atoms with Gasteiger partial charge in [-0.3, -0.25) is 4.79 Å². The number of sulfone groups is 1. The number of hydrogen-bond donors (Lipinski definition) is 0. The Labute approximate surface area is 128 Å². The first-order chi connectivity index (χ1) is 9.94. The average Bonchev–Trinajstić information content (AvgIpc) is 2.47. The third kappa shape index (κ3) is 3.62. The van der Waals surface area contributed by atoms with E-state index in [-0.39, 0.29) is 9.92 Å². The minimum atomic E-state index is -3.77. The molecule has 0 spiro atoms. The number of methoxy groups -OCH3 is 1. The summed E-state index contributed by atoms with van der Waals surface area (Å²) in [4.78, 5) is 12.0. The number of hydrogen-bond acceptors (Lipinski definition) is 4. The van der Waals surface area contributed by atoms with Gasteiger partial charge in [-0.05, 0) is 36.4 Å². The van der Waals surface area contributed by atoms with Crippen LogP contribution in [0.4, 0.5) is 0 Å². The zero-order valence-electron chi connectivity index (χ0n) is 11.2. The SMILES string of the molecule is COc1ccc(C(=O)CS(=O)(=O)c2ccccc2Cl)cc1. The van der Waals surface area contributed by atoms with Gasteiger partial charge in [0.1, 0.15) is 11.5 Å². The Balaban J connectivity index is 2.24. The van der Waals surface area contributed by atoms with Gasteiger partial charge in [0.15, 0.2) is 15.6 Å². The summed E-state index contributed by atoms with van der Waals surface area (Å²) in [6.07, 6.45) is 0. The molecule has 0 N–H and O–H groups in total. The predicted octanol–water partition coefficient (Wildman–Crippen LogP) is 3.01. The van der Waals surface area contributed by atoms with Crippen LogP contribution < -0.4 is 4.74 Å². The molecule has 0 aliphatic heterocycles. The van der Waals surface area contributed by atoms with Crippen molar-refractivity contribution < 1.29 is 17.9 Å². The van der Waals surface area contributed by atoms with E-state index in [2.05, 4.69) is 0 Å². The number of halogens is 1. The molecule has 2 aromatic carbocycles. The number of carbonyl (C=O) groups excluding carboxylic acids is 1. The first-order valence-corrected chi connectivity index (χ1v) is 8.11. The van der Waals surface area contributed by atoms with Crippen molar-refractivity contribution >= 4 is 27.2 Å². The molecule has 0 aromatic heterocycles. The molecular formula is C15H13ClO4S. The quantitative estimate of drug-likeness (QED) is 0.793. The summed E-state index contributed by atoms with van der Waals surface area (Å²) in [5.74, 6) is -0.513. The van der Waals surface area contributed by atoms with Gasteiger partial charge in [0, 0.05) is 5.56 Å². The largest absolute Gasteiger partial charge is 0.497 e. The molecule has 0 saturated heterocycles. The van der Waals surface area contributed by atoms with Gasteiger partial charge in [-0.1, -0.05) is 23.7 Å². The van der Waals surface area contributed by atoms with Crippen LogP contribution in [0.3, 0.4) is 0 Å². The third-order valence-electron chi connectivity index (χ3n) is 2.90. The molecule has 0 unspecified atom stereocenters. The van der Waals surface area contributed by atoms with Crippen molar-refractivity contribution in [3.05, 3.63) is 59.1 Å². The van der Waals surface area contributed by atoms with E-state index in [0.29, 0.717) is 11.3 Å². The summed E-state index contributed by atoms with van der Waals surface area (Å²) in [6, 6.07) is 12.3. The Morgan fingerprint density at radius 1 is 1.10 bits per heavy atom. The highest BCUT2D eigenvalue weighted by Gasteiger charge is 2.22. The van der Waals surface area contributed by atoms with E-state index < -0.39 is 21.4 Å². The zero-order valence-corrected chi connectivity index (χ0v) is 12.8. The van der Waals surface area contributed by atoms with Crippen LogP contribution in [0, 0.1) is 0 Å². The molecule has 0 aliphatic carbocycles. The second kappa shape index (κ2) is 6.28. The minimum absolute atomic E-state index is 0.0338. The van der Waals surface area contributed by atoms with Crippen molar-refractivity contribution in [1.82, 2.24) is 0 Å². The fraction of sp³-hybridized carbons (Fsp3) is 0.133. The molecule has 21 heavy (non-hydrogen) atoms. The number of benzene rings is 2. The summed E-state index contributed by atoms with van der Waals surface area (Å²) < 4.78 is 29.4. The van der Waals surface area contributed by atoms with Crippen molar-refractivity contribution in [1.29, 1.82) is 0 Å². The van der Waals surface area contributed by atoms with Crippen molar-refractivity contribution in [2.24, 2.45) is 0 Å². The highest BCUT2D eigenvalue weighted by atomic mass is 35.5. The molecule has 2 aromatic rings. The van der Waals surface area contributed by atoms with E-state index in [1.54, 1.807) is 24.3 Å². The number of carbonyl (C=O) groups is 1. The molecule has 0 amide bonds. The van der Waals surface area contributed by atoms with Crippen molar-refractivity contribution in [3.63, 3.8) is 0 Å². The van der Waals surface area contributed by atoms with Crippen LogP contribution in [0.15, 0.2) is 53.4 Å². The second-order valence-corrected chi connectivity index (χ2v) is 6.71. The molecule has 6 heteroatoms. The Kier molecular flexibility index (Phi) is 4.65. The number of ether oxygens (including phenoxy) is 1. The second-order valence-electron chi connectivity index (χ2n) is 4.34. The molecule has 0 heterocycles. The number of Topliss-reactive ketones (excluding diaryl/α,β-unsaturated/α-hetero) is 1. The lowest BCUT2D eigenvalue weighted by atomic mass is 10.1. The lowest BCUT2D eigenvalue weighted by Crippen LogP contribution is -2.16. The molecule has 2 rings (SSSR count). The Morgan fingerprint density at radius 3 is 2.29 bits per heavy atom. The van der Waals surface area contributed by atoms with Gasteiger partial charge in [0.2, 0.25) is 0 Å². The van der Waals surface area contributed by atoms with Gasteiger partial charge in [-0.25, -0.2) is 8.42 Å². The van der Waals surface area contributed by atoms with Gasteiger partial charge in [0.05, 0.1) is 17.0 Å². The molecule has 110 valence electrons. The Bertz CT molecular complexity index is 751. The maximum absolute atomic E-state index is 12.2. The van der Waals surface area contributed by atoms with Crippen molar-refractivity contribution in [3.8, 4) is 5.75 Å². The van der Waals surface area contributed by atoms with Crippen LogP contribution in [-0.4, -0.2) is 27.1 Å². The molecule has 4 nitrogen and oxygen atoms in total. The van der Waals surface area contributed by atoms with Gasteiger partial charge in [-0.15, -0.1) is 0 Å².